The molecule has 0 aliphatic heterocycles. The molecular formula is C14H30N2O2. The van der Waals surface area contributed by atoms with Crippen LogP contribution in [0.4, 0.5) is 0 Å². The first-order chi connectivity index (χ1) is 8.67. The molecular weight excluding hydrogens is 228 g/mol. The van der Waals surface area contributed by atoms with Gasteiger partial charge in [0.25, 0.3) is 0 Å². The fourth-order valence-corrected chi connectivity index (χ4v) is 1.06. The average molecular weight is 258 g/mol. The lowest BCUT2D eigenvalue weighted by molar-refractivity contribution is -0.131. The lowest BCUT2D eigenvalue weighted by Crippen LogP contribution is -2.34. The molecule has 0 amide bonds. The van der Waals surface area contributed by atoms with Crippen molar-refractivity contribution < 1.29 is 9.59 Å². The Morgan fingerprint density at radius 3 is 2.11 bits per heavy atom. The third kappa shape index (κ3) is 17.4. The molecule has 4 heteroatoms. The molecule has 4 nitrogen and oxygen atoms in total. The predicted octanol–water partition coefficient (Wildman–Crippen LogP) is 1.95. The largest absolute Gasteiger partial charge is 0.316 e. The highest BCUT2D eigenvalue weighted by Gasteiger charge is 2.13. The number of ketones is 1. The highest BCUT2D eigenvalue weighted by atomic mass is 16.2. The van der Waals surface area contributed by atoms with Crippen molar-refractivity contribution in [3.8, 4) is 0 Å². The van der Waals surface area contributed by atoms with Crippen LogP contribution in [0.25, 0.3) is 0 Å². The summed E-state index contributed by atoms with van der Waals surface area (Å²) in [6.45, 7) is 10.4. The van der Waals surface area contributed by atoms with Crippen molar-refractivity contribution in [2.75, 3.05) is 20.6 Å². The third-order valence-corrected chi connectivity index (χ3v) is 2.00. The van der Waals surface area contributed by atoms with E-state index in [0.717, 1.165) is 25.8 Å². The first-order valence-electron chi connectivity index (χ1n) is 6.59. The number of Topliss-reactive ketones (excluding diaryl/α,β-unsaturated/α-hetero) is 1. The molecule has 0 saturated heterocycles. The molecule has 0 rings (SSSR count). The second-order valence-electron chi connectivity index (χ2n) is 3.35. The van der Waals surface area contributed by atoms with Gasteiger partial charge in [-0.1, -0.05) is 39.7 Å². The van der Waals surface area contributed by atoms with Crippen LogP contribution in [-0.4, -0.2) is 38.8 Å². The number of hydrogen-bond donors (Lipinski definition) is 2. The van der Waals surface area contributed by atoms with Gasteiger partial charge in [0.15, 0.2) is 6.29 Å². The van der Waals surface area contributed by atoms with Crippen molar-refractivity contribution >= 4 is 12.1 Å². The molecule has 0 spiro atoms. The van der Waals surface area contributed by atoms with Gasteiger partial charge in [0.1, 0.15) is 0 Å². The van der Waals surface area contributed by atoms with Gasteiger partial charge < -0.3 is 10.6 Å². The van der Waals surface area contributed by atoms with Crippen LogP contribution in [0.15, 0.2) is 12.7 Å². The van der Waals surface area contributed by atoms with Crippen LogP contribution >= 0.6 is 0 Å². The summed E-state index contributed by atoms with van der Waals surface area (Å²) in [4.78, 5) is 20.9. The van der Waals surface area contributed by atoms with Gasteiger partial charge in [0.05, 0.1) is 6.04 Å². The summed E-state index contributed by atoms with van der Waals surface area (Å²) in [5.41, 5.74) is 0. The Labute approximate surface area is 112 Å². The van der Waals surface area contributed by atoms with E-state index < -0.39 is 0 Å². The van der Waals surface area contributed by atoms with E-state index in [4.69, 9.17) is 0 Å². The van der Waals surface area contributed by atoms with E-state index in [-0.39, 0.29) is 11.8 Å². The summed E-state index contributed by atoms with van der Waals surface area (Å²) in [6.07, 6.45) is 4.98. The van der Waals surface area contributed by atoms with Crippen LogP contribution < -0.4 is 10.6 Å². The molecule has 0 bridgehead atoms. The summed E-state index contributed by atoms with van der Waals surface area (Å²) in [5, 5.41) is 5.71. The zero-order valence-corrected chi connectivity index (χ0v) is 12.6. The van der Waals surface area contributed by atoms with Crippen molar-refractivity contribution in [1.82, 2.24) is 10.6 Å². The van der Waals surface area contributed by atoms with Crippen LogP contribution in [0.1, 0.15) is 40.0 Å². The predicted molar refractivity (Wildman–Crippen MR) is 78.9 cm³/mol. The maximum atomic E-state index is 10.8. The quantitative estimate of drug-likeness (QED) is 0.397. The number of aldehydes is 1. The van der Waals surface area contributed by atoms with E-state index in [1.807, 2.05) is 27.0 Å². The van der Waals surface area contributed by atoms with Crippen LogP contribution in [0, 0.1) is 0 Å². The van der Waals surface area contributed by atoms with Gasteiger partial charge in [-0.3, -0.25) is 9.59 Å². The van der Waals surface area contributed by atoms with Crippen LogP contribution in [-0.2, 0) is 9.59 Å². The van der Waals surface area contributed by atoms with Crippen molar-refractivity contribution in [1.29, 1.82) is 0 Å². The molecule has 0 aromatic carbocycles. The first kappa shape index (κ1) is 22.2. The minimum Gasteiger partial charge on any atom is -0.316 e. The van der Waals surface area contributed by atoms with Gasteiger partial charge in [-0.2, -0.15) is 0 Å². The minimum atomic E-state index is -0.346. The maximum Gasteiger partial charge on any atom is 0.211 e. The molecule has 0 saturated carbocycles. The standard InChI is InChI=1S/C8H15NO2.C4H9N.C2H6/c1-3-4-5-7(9-2)8(11)6-10;1-3-4-5-2;1-2/h6-7,9H,3-5H2,1-2H3;3,5H,1,4H2,2H3;1-2H3. The first-order valence-corrected chi connectivity index (χ1v) is 6.59. The van der Waals surface area contributed by atoms with Crippen LogP contribution in [0.2, 0.25) is 0 Å². The van der Waals surface area contributed by atoms with Gasteiger partial charge in [-0.15, -0.1) is 6.58 Å². The Balaban J connectivity index is -0.000000270. The van der Waals surface area contributed by atoms with Crippen molar-refractivity contribution in [2.24, 2.45) is 0 Å². The number of unbranched alkanes of at least 4 members (excludes halogenated alkanes) is 1. The topological polar surface area (TPSA) is 58.2 Å². The zero-order valence-electron chi connectivity index (χ0n) is 12.6. The number of carbonyl (C=O) groups excluding carboxylic acids is 2. The van der Waals surface area contributed by atoms with E-state index in [9.17, 15) is 9.59 Å². The lowest BCUT2D eigenvalue weighted by atomic mass is 10.1. The molecule has 2 N–H and O–H groups in total. The Bertz CT molecular complexity index is 194. The molecule has 0 aliphatic rings. The molecule has 18 heavy (non-hydrogen) atoms. The van der Waals surface area contributed by atoms with E-state index in [1.165, 1.54) is 0 Å². The Hall–Kier alpha value is -1.00. The molecule has 1 unspecified atom stereocenters. The van der Waals surface area contributed by atoms with E-state index in [1.54, 1.807) is 7.05 Å². The smallest absolute Gasteiger partial charge is 0.211 e. The summed E-state index contributed by atoms with van der Waals surface area (Å²) in [7, 11) is 3.59. The Morgan fingerprint density at radius 1 is 1.33 bits per heavy atom. The SMILES string of the molecule is C=CCNC.CC.CCCCC(NC)C(=O)C=O. The summed E-state index contributed by atoms with van der Waals surface area (Å²) >= 11 is 0. The third-order valence-electron chi connectivity index (χ3n) is 2.00. The number of hydrogen-bond acceptors (Lipinski definition) is 4. The van der Waals surface area contributed by atoms with E-state index >= 15 is 0 Å². The molecule has 0 aliphatic carbocycles. The van der Waals surface area contributed by atoms with Crippen LogP contribution in [0.5, 0.6) is 0 Å². The highest BCUT2D eigenvalue weighted by Crippen LogP contribution is 1.99. The van der Waals surface area contributed by atoms with Crippen molar-refractivity contribution in [2.45, 2.75) is 46.1 Å². The summed E-state index contributed by atoms with van der Waals surface area (Å²) < 4.78 is 0. The molecule has 0 heterocycles. The summed E-state index contributed by atoms with van der Waals surface area (Å²) in [6, 6.07) is -0.271. The molecule has 0 aromatic rings. The van der Waals surface area contributed by atoms with Gasteiger partial charge >= 0.3 is 0 Å². The molecule has 0 fully saturated rings. The molecule has 0 radical (unpaired) electrons. The highest BCUT2D eigenvalue weighted by molar-refractivity contribution is 6.27. The monoisotopic (exact) mass is 258 g/mol. The van der Waals surface area contributed by atoms with E-state index in [2.05, 4.69) is 24.1 Å². The normalized spacial score (nSPS) is 10.1. The number of likely N-dealkylation sites (N-methyl/N-ethyl adjacent to an activating group) is 2. The molecule has 1 atom stereocenters. The molecule has 0 aromatic heterocycles. The fourth-order valence-electron chi connectivity index (χ4n) is 1.06. The number of rotatable bonds is 8. The van der Waals surface area contributed by atoms with Gasteiger partial charge in [0.2, 0.25) is 5.78 Å². The number of nitrogens with one attached hydrogen (secondary N) is 2. The number of carbonyl (C=O) groups is 2. The second-order valence-corrected chi connectivity index (χ2v) is 3.35. The van der Waals surface area contributed by atoms with Gasteiger partial charge in [-0.25, -0.2) is 0 Å². The minimum absolute atomic E-state index is 0.271. The maximum absolute atomic E-state index is 10.8. The zero-order chi connectivity index (χ0) is 14.8. The van der Waals surface area contributed by atoms with Crippen molar-refractivity contribution in [3.05, 3.63) is 12.7 Å². The van der Waals surface area contributed by atoms with Gasteiger partial charge in [0, 0.05) is 6.54 Å². The average Bonchev–Trinajstić information content (AvgIpc) is 2.43. The lowest BCUT2D eigenvalue weighted by Gasteiger charge is -2.09. The Kier molecular flexibility index (Phi) is 26.3. The van der Waals surface area contributed by atoms with Crippen LogP contribution in [0.3, 0.4) is 0 Å². The van der Waals surface area contributed by atoms with Gasteiger partial charge in [-0.05, 0) is 20.5 Å². The fraction of sp³-hybridized carbons (Fsp3) is 0.714. The molecule has 108 valence electrons. The second kappa shape index (κ2) is 21.3. The van der Waals surface area contributed by atoms with E-state index in [0.29, 0.717) is 6.29 Å². The Morgan fingerprint density at radius 2 is 1.89 bits per heavy atom. The summed E-state index contributed by atoms with van der Waals surface area (Å²) in [5.74, 6) is -0.346. The van der Waals surface area contributed by atoms with Crippen molar-refractivity contribution in [3.63, 3.8) is 0 Å².